The number of hydrogen-bond acceptors (Lipinski definition) is 4. The Bertz CT molecular complexity index is 656. The molecule has 0 saturated heterocycles. The molecule has 0 aliphatic rings. The highest BCUT2D eigenvalue weighted by Gasteiger charge is 2.08. The smallest absolute Gasteiger partial charge is 0.0606 e. The Morgan fingerprint density at radius 2 is 2.12 bits per heavy atom. The van der Waals surface area contributed by atoms with E-state index in [1.165, 1.54) is 25.2 Å². The normalized spacial score (nSPS) is 11.4. The quantitative estimate of drug-likeness (QED) is 0.781. The van der Waals surface area contributed by atoms with Crippen molar-refractivity contribution in [3.05, 3.63) is 29.6 Å². The Morgan fingerprint density at radius 3 is 2.94 bits per heavy atom. The molecule has 0 aliphatic carbocycles. The number of nitrogens with zero attached hydrogens (tertiary/aromatic N) is 1. The molecule has 0 amide bonds. The van der Waals surface area contributed by atoms with Crippen molar-refractivity contribution in [3.63, 3.8) is 0 Å². The van der Waals surface area contributed by atoms with Crippen LogP contribution in [0.25, 0.3) is 19.5 Å². The van der Waals surface area contributed by atoms with E-state index in [1.807, 2.05) is 18.4 Å². The van der Waals surface area contributed by atoms with Crippen LogP contribution in [0.3, 0.4) is 0 Å². The molecule has 0 bridgehead atoms. The fourth-order valence-electron chi connectivity index (χ4n) is 1.99. The zero-order valence-corrected chi connectivity index (χ0v) is 11.1. The molecule has 0 aliphatic heterocycles. The number of benzene rings is 1. The Labute approximate surface area is 108 Å². The van der Waals surface area contributed by atoms with E-state index >= 15 is 0 Å². The first-order valence-corrected chi connectivity index (χ1v) is 7.21. The average molecular weight is 263 g/mol. The van der Waals surface area contributed by atoms with Crippen LogP contribution >= 0.6 is 22.7 Å². The molecule has 0 unspecified atom stereocenters. The number of aliphatic hydroxyl groups excluding tert-OH is 1. The van der Waals surface area contributed by atoms with Gasteiger partial charge in [0, 0.05) is 34.1 Å². The Morgan fingerprint density at radius 1 is 1.24 bits per heavy atom. The van der Waals surface area contributed by atoms with Crippen molar-refractivity contribution < 1.29 is 5.11 Å². The van der Waals surface area contributed by atoms with Crippen LogP contribution in [0.2, 0.25) is 0 Å². The number of hydrogen-bond donors (Lipinski definition) is 1. The summed E-state index contributed by atoms with van der Waals surface area (Å²) in [4.78, 5) is 2.08. The molecule has 0 fully saturated rings. The van der Waals surface area contributed by atoms with Crippen LogP contribution in [0.1, 0.15) is 0 Å². The number of fused-ring (bicyclic) bond motifs is 3. The molecule has 0 spiro atoms. The lowest BCUT2D eigenvalue weighted by molar-refractivity contribution is 0.304. The van der Waals surface area contributed by atoms with Crippen molar-refractivity contribution in [1.82, 2.24) is 0 Å². The van der Waals surface area contributed by atoms with Gasteiger partial charge in [-0.25, -0.2) is 0 Å². The van der Waals surface area contributed by atoms with E-state index < -0.39 is 0 Å². The molecule has 1 N–H and O–H groups in total. The molecule has 4 heteroatoms. The molecule has 3 rings (SSSR count). The second-order valence-corrected chi connectivity index (χ2v) is 6.04. The molecule has 3 aromatic rings. The van der Waals surface area contributed by atoms with Crippen molar-refractivity contribution in [3.8, 4) is 0 Å². The average Bonchev–Trinajstić information content (AvgIpc) is 2.88. The highest BCUT2D eigenvalue weighted by molar-refractivity contribution is 7.32. The first-order chi connectivity index (χ1) is 8.29. The summed E-state index contributed by atoms with van der Waals surface area (Å²) in [5, 5.41) is 12.4. The van der Waals surface area contributed by atoms with Crippen molar-refractivity contribution in [2.45, 2.75) is 0 Å². The summed E-state index contributed by atoms with van der Waals surface area (Å²) in [6.45, 7) is 0.860. The second kappa shape index (κ2) is 4.29. The number of rotatable bonds is 3. The minimum absolute atomic E-state index is 0.189. The van der Waals surface area contributed by atoms with Gasteiger partial charge in [-0.15, -0.1) is 22.7 Å². The van der Waals surface area contributed by atoms with Crippen molar-refractivity contribution in [2.24, 2.45) is 0 Å². The van der Waals surface area contributed by atoms with Crippen LogP contribution < -0.4 is 4.90 Å². The number of likely N-dealkylation sites (N-methyl/N-ethyl adjacent to an activating group) is 1. The zero-order valence-electron chi connectivity index (χ0n) is 9.51. The maximum absolute atomic E-state index is 8.96. The molecule has 2 nitrogen and oxygen atoms in total. The summed E-state index contributed by atoms with van der Waals surface area (Å²) >= 11 is 3.64. The van der Waals surface area contributed by atoms with Crippen molar-refractivity contribution in [2.75, 3.05) is 25.1 Å². The zero-order chi connectivity index (χ0) is 11.8. The van der Waals surface area contributed by atoms with Gasteiger partial charge in [-0.1, -0.05) is 6.07 Å². The van der Waals surface area contributed by atoms with Gasteiger partial charge in [0.2, 0.25) is 0 Å². The topological polar surface area (TPSA) is 23.5 Å². The molecule has 0 atom stereocenters. The van der Waals surface area contributed by atoms with Crippen LogP contribution in [-0.2, 0) is 0 Å². The lowest BCUT2D eigenvalue weighted by Gasteiger charge is -2.17. The number of anilines is 1. The van der Waals surface area contributed by atoms with Gasteiger partial charge in [-0.3, -0.25) is 0 Å². The molecular weight excluding hydrogens is 250 g/mol. The molecule has 17 heavy (non-hydrogen) atoms. The first kappa shape index (κ1) is 11.0. The SMILES string of the molecule is CN(CCO)c1ccc2c(c1)sc1ccsc12. The summed E-state index contributed by atoms with van der Waals surface area (Å²) < 4.78 is 4.09. The van der Waals surface area contributed by atoms with Crippen LogP contribution in [0.4, 0.5) is 5.69 Å². The fraction of sp³-hybridized carbons (Fsp3) is 0.231. The van der Waals surface area contributed by atoms with Crippen LogP contribution in [-0.4, -0.2) is 25.3 Å². The van der Waals surface area contributed by atoms with E-state index in [-0.39, 0.29) is 6.61 Å². The van der Waals surface area contributed by atoms with Gasteiger partial charge < -0.3 is 10.0 Å². The monoisotopic (exact) mass is 263 g/mol. The van der Waals surface area contributed by atoms with Gasteiger partial charge in [0.15, 0.2) is 0 Å². The minimum atomic E-state index is 0.189. The fourth-order valence-corrected chi connectivity index (χ4v) is 4.28. The van der Waals surface area contributed by atoms with Crippen molar-refractivity contribution >= 4 is 47.8 Å². The molecular formula is C13H13NOS2. The summed E-state index contributed by atoms with van der Waals surface area (Å²) in [5.74, 6) is 0. The van der Waals surface area contributed by atoms with Crippen molar-refractivity contribution in [1.29, 1.82) is 0 Å². The summed E-state index contributed by atoms with van der Waals surface area (Å²) in [6, 6.07) is 8.71. The molecule has 0 radical (unpaired) electrons. The van der Waals surface area contributed by atoms with E-state index in [0.717, 1.165) is 0 Å². The van der Waals surface area contributed by atoms with E-state index in [4.69, 9.17) is 5.11 Å². The molecule has 2 aromatic heterocycles. The van der Waals surface area contributed by atoms with Crippen LogP contribution in [0.5, 0.6) is 0 Å². The molecule has 2 heterocycles. The van der Waals surface area contributed by atoms with Crippen LogP contribution in [0.15, 0.2) is 29.6 Å². The van der Waals surface area contributed by atoms with Gasteiger partial charge >= 0.3 is 0 Å². The van der Waals surface area contributed by atoms with Gasteiger partial charge in [0.25, 0.3) is 0 Å². The van der Waals surface area contributed by atoms with E-state index in [9.17, 15) is 0 Å². The third kappa shape index (κ3) is 1.82. The lowest BCUT2D eigenvalue weighted by Crippen LogP contribution is -2.20. The van der Waals surface area contributed by atoms with Crippen LogP contribution in [0, 0.1) is 0 Å². The largest absolute Gasteiger partial charge is 0.395 e. The first-order valence-electron chi connectivity index (χ1n) is 5.51. The minimum Gasteiger partial charge on any atom is -0.395 e. The highest BCUT2D eigenvalue weighted by Crippen LogP contribution is 2.38. The van der Waals surface area contributed by atoms with E-state index in [2.05, 4.69) is 34.5 Å². The molecule has 1 aromatic carbocycles. The predicted octanol–water partition coefficient (Wildman–Crippen LogP) is 3.54. The molecule has 88 valence electrons. The Hall–Kier alpha value is -1.10. The summed E-state index contributed by atoms with van der Waals surface area (Å²) in [5.41, 5.74) is 1.17. The van der Waals surface area contributed by atoms with Gasteiger partial charge in [0.05, 0.1) is 11.3 Å². The number of aliphatic hydroxyl groups is 1. The maximum atomic E-state index is 8.96. The lowest BCUT2D eigenvalue weighted by atomic mass is 10.2. The number of thiophene rings is 2. The van der Waals surface area contributed by atoms with E-state index in [0.29, 0.717) is 6.54 Å². The predicted molar refractivity (Wildman–Crippen MR) is 77.6 cm³/mol. The van der Waals surface area contributed by atoms with Gasteiger partial charge in [-0.05, 0) is 23.6 Å². The highest BCUT2D eigenvalue weighted by atomic mass is 32.1. The van der Waals surface area contributed by atoms with E-state index in [1.54, 1.807) is 11.3 Å². The Balaban J connectivity index is 2.12. The van der Waals surface area contributed by atoms with Gasteiger partial charge in [0.1, 0.15) is 0 Å². The third-order valence-electron chi connectivity index (χ3n) is 2.94. The molecule has 0 saturated carbocycles. The summed E-state index contributed by atoms with van der Waals surface area (Å²) in [6.07, 6.45) is 0. The standard InChI is InChI=1S/C13H13NOS2/c1-14(5-6-15)9-2-3-10-12(8-9)17-11-4-7-16-13(10)11/h2-4,7-8,15H,5-6H2,1H3. The Kier molecular flexibility index (Phi) is 2.78. The summed E-state index contributed by atoms with van der Waals surface area (Å²) in [7, 11) is 2.01. The maximum Gasteiger partial charge on any atom is 0.0606 e. The van der Waals surface area contributed by atoms with Gasteiger partial charge in [-0.2, -0.15) is 0 Å². The second-order valence-electron chi connectivity index (χ2n) is 4.04. The third-order valence-corrected chi connectivity index (χ3v) is 5.13.